The van der Waals surface area contributed by atoms with E-state index in [4.69, 9.17) is 11.6 Å². The van der Waals surface area contributed by atoms with Gasteiger partial charge in [0.05, 0.1) is 11.0 Å². The lowest BCUT2D eigenvalue weighted by Gasteiger charge is -1.98. The molecule has 3 nitrogen and oxygen atoms in total. The lowest BCUT2D eigenvalue weighted by molar-refractivity contribution is 0.794. The summed E-state index contributed by atoms with van der Waals surface area (Å²) in [6.07, 6.45) is 0. The van der Waals surface area contributed by atoms with E-state index in [0.29, 0.717) is 5.02 Å². The molecule has 0 aliphatic heterocycles. The number of fused-ring (bicyclic) bond motifs is 1. The van der Waals surface area contributed by atoms with Crippen LogP contribution in [-0.2, 0) is 14.1 Å². The van der Waals surface area contributed by atoms with E-state index in [1.165, 1.54) is 0 Å². The minimum atomic E-state index is -0.0528. The van der Waals surface area contributed by atoms with Gasteiger partial charge in [0, 0.05) is 23.6 Å². The van der Waals surface area contributed by atoms with Gasteiger partial charge in [-0.15, -0.1) is 0 Å². The van der Waals surface area contributed by atoms with Crippen molar-refractivity contribution in [1.29, 1.82) is 0 Å². The molecule has 0 bridgehead atoms. The van der Waals surface area contributed by atoms with Crippen molar-refractivity contribution in [2.24, 2.45) is 14.1 Å². The van der Waals surface area contributed by atoms with E-state index in [1.54, 1.807) is 35.4 Å². The van der Waals surface area contributed by atoms with Gasteiger partial charge in [-0.2, -0.15) is 0 Å². The number of aromatic nitrogens is 2. The van der Waals surface area contributed by atoms with Gasteiger partial charge in [0.15, 0.2) is 0 Å². The van der Waals surface area contributed by atoms with E-state index in [9.17, 15) is 4.79 Å². The lowest BCUT2D eigenvalue weighted by atomic mass is 10.3. The van der Waals surface area contributed by atoms with Crippen molar-refractivity contribution in [3.8, 4) is 0 Å². The topological polar surface area (TPSA) is 26.9 Å². The van der Waals surface area contributed by atoms with Crippen molar-refractivity contribution in [2.75, 3.05) is 0 Å². The van der Waals surface area contributed by atoms with E-state index in [2.05, 4.69) is 15.9 Å². The zero-order chi connectivity index (χ0) is 10.5. The third kappa shape index (κ3) is 1.21. The van der Waals surface area contributed by atoms with Gasteiger partial charge in [0.2, 0.25) is 0 Å². The minimum Gasteiger partial charge on any atom is -0.295 e. The van der Waals surface area contributed by atoms with Gasteiger partial charge in [0.25, 0.3) is 0 Å². The molecule has 0 amide bonds. The number of nitrogens with zero attached hydrogens (tertiary/aromatic N) is 2. The molecule has 0 saturated carbocycles. The Bertz CT molecular complexity index is 570. The first-order valence-electron chi connectivity index (χ1n) is 4.03. The van der Waals surface area contributed by atoms with Gasteiger partial charge in [-0.25, -0.2) is 4.79 Å². The Morgan fingerprint density at radius 1 is 1.29 bits per heavy atom. The predicted octanol–water partition coefficient (Wildman–Crippen LogP) is 2.29. The Morgan fingerprint density at radius 3 is 2.57 bits per heavy atom. The predicted molar refractivity (Wildman–Crippen MR) is 60.9 cm³/mol. The third-order valence-corrected chi connectivity index (χ3v) is 3.10. The molecule has 0 radical (unpaired) electrons. The van der Waals surface area contributed by atoms with Gasteiger partial charge in [0.1, 0.15) is 0 Å². The molecule has 0 atom stereocenters. The summed E-state index contributed by atoms with van der Waals surface area (Å²) in [7, 11) is 3.47. The normalized spacial score (nSPS) is 11.1. The maximum atomic E-state index is 11.6. The summed E-state index contributed by atoms with van der Waals surface area (Å²) in [5, 5.41) is 0.616. The first-order valence-corrected chi connectivity index (χ1v) is 5.20. The first kappa shape index (κ1) is 9.80. The van der Waals surface area contributed by atoms with Crippen molar-refractivity contribution in [1.82, 2.24) is 9.13 Å². The number of imidazole rings is 1. The number of hydrogen-bond acceptors (Lipinski definition) is 1. The van der Waals surface area contributed by atoms with E-state index < -0.39 is 0 Å². The minimum absolute atomic E-state index is 0.0528. The molecule has 0 N–H and O–H groups in total. The molecule has 0 aliphatic rings. The Kier molecular flexibility index (Phi) is 2.20. The summed E-state index contributed by atoms with van der Waals surface area (Å²) < 4.78 is 4.00. The molecule has 5 heteroatoms. The standard InChI is InChI=1S/C9H8BrClN2O/c1-12-7-4-5(11)3-6(10)8(7)13(2)9(12)14/h3-4H,1-2H3. The molecule has 1 heterocycles. The second-order valence-corrected chi connectivity index (χ2v) is 4.45. The highest BCUT2D eigenvalue weighted by molar-refractivity contribution is 9.10. The van der Waals surface area contributed by atoms with Crippen LogP contribution in [0.2, 0.25) is 5.02 Å². The molecular formula is C9H8BrClN2O. The third-order valence-electron chi connectivity index (χ3n) is 2.28. The Morgan fingerprint density at radius 2 is 1.93 bits per heavy atom. The zero-order valence-corrected chi connectivity index (χ0v) is 10.1. The van der Waals surface area contributed by atoms with Crippen LogP contribution in [0.5, 0.6) is 0 Å². The fourth-order valence-corrected chi connectivity index (χ4v) is 2.62. The van der Waals surface area contributed by atoms with Crippen LogP contribution in [0.15, 0.2) is 21.4 Å². The first-order chi connectivity index (χ1) is 6.52. The van der Waals surface area contributed by atoms with Crippen molar-refractivity contribution >= 4 is 38.6 Å². The summed E-state index contributed by atoms with van der Waals surface area (Å²) in [5.74, 6) is 0. The van der Waals surface area contributed by atoms with Gasteiger partial charge < -0.3 is 0 Å². The SMILES string of the molecule is Cn1c(=O)n(C)c2c(Br)cc(Cl)cc21. The average Bonchev–Trinajstić information content (AvgIpc) is 2.31. The van der Waals surface area contributed by atoms with Gasteiger partial charge >= 0.3 is 5.69 Å². The average molecular weight is 276 g/mol. The van der Waals surface area contributed by atoms with Crippen LogP contribution in [-0.4, -0.2) is 9.13 Å². The van der Waals surface area contributed by atoms with E-state index in [1.807, 2.05) is 0 Å². The molecule has 1 aromatic heterocycles. The van der Waals surface area contributed by atoms with Gasteiger partial charge in [-0.1, -0.05) is 11.6 Å². The van der Waals surface area contributed by atoms with Crippen LogP contribution in [0.1, 0.15) is 0 Å². The van der Waals surface area contributed by atoms with Crippen LogP contribution < -0.4 is 5.69 Å². The Labute approximate surface area is 94.0 Å². The van der Waals surface area contributed by atoms with Crippen LogP contribution in [0.25, 0.3) is 11.0 Å². The molecule has 0 unspecified atom stereocenters. The fraction of sp³-hybridized carbons (Fsp3) is 0.222. The molecule has 0 saturated heterocycles. The maximum Gasteiger partial charge on any atom is 0.328 e. The van der Waals surface area contributed by atoms with Gasteiger partial charge in [-0.3, -0.25) is 9.13 Å². The summed E-state index contributed by atoms with van der Waals surface area (Å²) >= 11 is 9.29. The molecule has 2 rings (SSSR count). The smallest absolute Gasteiger partial charge is 0.295 e. The van der Waals surface area contributed by atoms with Crippen molar-refractivity contribution in [3.05, 3.63) is 32.1 Å². The monoisotopic (exact) mass is 274 g/mol. The van der Waals surface area contributed by atoms with Crippen LogP contribution in [0.4, 0.5) is 0 Å². The van der Waals surface area contributed by atoms with Crippen LogP contribution in [0, 0.1) is 0 Å². The molecule has 0 aliphatic carbocycles. The second kappa shape index (κ2) is 3.14. The van der Waals surface area contributed by atoms with Crippen LogP contribution in [0.3, 0.4) is 0 Å². The molecule has 14 heavy (non-hydrogen) atoms. The summed E-state index contributed by atoms with van der Waals surface area (Å²) in [5.41, 5.74) is 1.64. The van der Waals surface area contributed by atoms with E-state index >= 15 is 0 Å². The van der Waals surface area contributed by atoms with E-state index in [-0.39, 0.29) is 5.69 Å². The summed E-state index contributed by atoms with van der Waals surface area (Å²) in [6, 6.07) is 3.56. The highest BCUT2D eigenvalue weighted by Gasteiger charge is 2.11. The second-order valence-electron chi connectivity index (χ2n) is 3.16. The molecule has 74 valence electrons. The molecular weight excluding hydrogens is 267 g/mol. The lowest BCUT2D eigenvalue weighted by Crippen LogP contribution is -2.19. The van der Waals surface area contributed by atoms with Crippen molar-refractivity contribution < 1.29 is 0 Å². The fourth-order valence-electron chi connectivity index (χ4n) is 1.56. The number of halogens is 2. The highest BCUT2D eigenvalue weighted by Crippen LogP contribution is 2.26. The summed E-state index contributed by atoms with van der Waals surface area (Å²) in [6.45, 7) is 0. The molecule has 0 spiro atoms. The highest BCUT2D eigenvalue weighted by atomic mass is 79.9. The maximum absolute atomic E-state index is 11.6. The van der Waals surface area contributed by atoms with Crippen molar-refractivity contribution in [3.63, 3.8) is 0 Å². The molecule has 1 aromatic carbocycles. The molecule has 0 fully saturated rings. The Hall–Kier alpha value is -0.740. The zero-order valence-electron chi connectivity index (χ0n) is 7.71. The number of rotatable bonds is 0. The summed E-state index contributed by atoms with van der Waals surface area (Å²) in [4.78, 5) is 11.6. The van der Waals surface area contributed by atoms with Crippen LogP contribution >= 0.6 is 27.5 Å². The van der Waals surface area contributed by atoms with E-state index in [0.717, 1.165) is 15.5 Å². The largest absolute Gasteiger partial charge is 0.328 e. The quantitative estimate of drug-likeness (QED) is 0.725. The Balaban J connectivity index is 3.10. The van der Waals surface area contributed by atoms with Crippen molar-refractivity contribution in [2.45, 2.75) is 0 Å². The number of benzene rings is 1. The molecule has 2 aromatic rings. The number of hydrogen-bond donors (Lipinski definition) is 0. The van der Waals surface area contributed by atoms with Gasteiger partial charge in [-0.05, 0) is 28.1 Å². The number of aryl methyl sites for hydroxylation is 2.